The van der Waals surface area contributed by atoms with Crippen molar-refractivity contribution in [2.45, 2.75) is 20.0 Å². The summed E-state index contributed by atoms with van der Waals surface area (Å²) in [6.07, 6.45) is -2.89. The van der Waals surface area contributed by atoms with Crippen LogP contribution in [0.25, 0.3) is 44.4 Å². The molecule has 0 fully saturated rings. The van der Waals surface area contributed by atoms with E-state index < -0.39 is 11.9 Å². The first-order valence-corrected chi connectivity index (χ1v) is 13.6. The van der Waals surface area contributed by atoms with Crippen LogP contribution in [0.4, 0.5) is 13.2 Å². The number of ether oxygens (including phenoxy) is 1. The van der Waals surface area contributed by atoms with Gasteiger partial charge in [-0.25, -0.2) is 4.98 Å². The zero-order valence-corrected chi connectivity index (χ0v) is 25.7. The fourth-order valence-corrected chi connectivity index (χ4v) is 5.47. The van der Waals surface area contributed by atoms with Gasteiger partial charge in [0.2, 0.25) is 0 Å². The second-order valence-corrected chi connectivity index (χ2v) is 10.2. The number of alkyl halides is 3. The Labute approximate surface area is 265 Å². The van der Waals surface area contributed by atoms with Gasteiger partial charge >= 0.3 is 27.2 Å². The van der Waals surface area contributed by atoms with E-state index in [4.69, 9.17) is 4.74 Å². The molecule has 0 aliphatic carbocycles. The van der Waals surface area contributed by atoms with Crippen LogP contribution in [0.5, 0.6) is 11.5 Å². The van der Waals surface area contributed by atoms with Crippen molar-refractivity contribution in [1.82, 2.24) is 19.3 Å². The Kier molecular flexibility index (Phi) is 7.64. The van der Waals surface area contributed by atoms with E-state index in [1.807, 2.05) is 54.0 Å². The minimum absolute atomic E-state index is 0. The van der Waals surface area contributed by atoms with E-state index in [0.29, 0.717) is 11.3 Å². The van der Waals surface area contributed by atoms with Gasteiger partial charge in [0, 0.05) is 28.8 Å². The first kappa shape index (κ1) is 29.4. The predicted molar refractivity (Wildman–Crippen MR) is 160 cm³/mol. The average molecular weight is 768 g/mol. The molecule has 0 radical (unpaired) electrons. The maximum Gasteiger partial charge on any atom is 2.00 e. The van der Waals surface area contributed by atoms with Crippen LogP contribution in [0.3, 0.4) is 0 Å². The van der Waals surface area contributed by atoms with E-state index >= 15 is 0 Å². The maximum atomic E-state index is 14.5. The Morgan fingerprint density at radius 1 is 0.773 bits per heavy atom. The summed E-state index contributed by atoms with van der Waals surface area (Å²) >= 11 is 0. The monoisotopic (exact) mass is 767 g/mol. The first-order chi connectivity index (χ1) is 20.8. The minimum Gasteiger partial charge on any atom is -0.509 e. The number of benzene rings is 4. The molecule has 0 unspecified atom stereocenters. The number of fused-ring (bicyclic) bond motifs is 3. The quantitative estimate of drug-likeness (QED) is 0.164. The third kappa shape index (κ3) is 5.20. The van der Waals surface area contributed by atoms with Gasteiger partial charge in [-0.05, 0) is 54.2 Å². The van der Waals surface area contributed by atoms with Crippen LogP contribution < -0.4 is 4.74 Å². The molecular weight excluding hydrogens is 744 g/mol. The molecule has 5 nitrogen and oxygen atoms in total. The second kappa shape index (κ2) is 11.4. The Balaban J connectivity index is 0.00000343. The van der Waals surface area contributed by atoms with Crippen molar-refractivity contribution in [3.8, 4) is 34.1 Å². The van der Waals surface area contributed by atoms with Crippen molar-refractivity contribution in [1.29, 1.82) is 0 Å². The average Bonchev–Trinajstić information content (AvgIpc) is 3.52. The van der Waals surface area contributed by atoms with Gasteiger partial charge in [-0.2, -0.15) is 30.4 Å². The number of hydrogen-bond acceptors (Lipinski definition) is 3. The molecule has 4 aromatic carbocycles. The van der Waals surface area contributed by atoms with Gasteiger partial charge in [0.05, 0.1) is 5.69 Å². The van der Waals surface area contributed by atoms with E-state index in [2.05, 4.69) is 22.2 Å². The Morgan fingerprint density at radius 3 is 2.30 bits per heavy atom. The van der Waals surface area contributed by atoms with Crippen molar-refractivity contribution in [2.24, 2.45) is 0 Å². The summed E-state index contributed by atoms with van der Waals surface area (Å²) in [5, 5.41) is 6.29. The van der Waals surface area contributed by atoms with Crippen molar-refractivity contribution >= 4 is 21.8 Å². The summed E-state index contributed by atoms with van der Waals surface area (Å²) in [6.45, 7) is 3.58. The summed E-state index contributed by atoms with van der Waals surface area (Å²) in [5.74, 6) is 1.36. The number of rotatable bonds is 5. The maximum absolute atomic E-state index is 14.5. The number of aromatic nitrogens is 4. The molecule has 3 heterocycles. The normalized spacial score (nSPS) is 11.6. The van der Waals surface area contributed by atoms with Crippen molar-refractivity contribution in [2.75, 3.05) is 0 Å². The van der Waals surface area contributed by atoms with Gasteiger partial charge < -0.3 is 9.30 Å². The van der Waals surface area contributed by atoms with Crippen molar-refractivity contribution in [3.05, 3.63) is 132 Å². The SMILES string of the molecule is Cc1ccnc(-n2c3[c-]c(Oc4[c-]c(-n5nc(C)c(-c6ccccc6)c5C(F)(F)F)ccc4)ccc3c3ccccc32)c1.[Pt+2]. The summed E-state index contributed by atoms with van der Waals surface area (Å²) in [4.78, 5) is 4.59. The van der Waals surface area contributed by atoms with Gasteiger partial charge in [0.15, 0.2) is 5.69 Å². The summed E-state index contributed by atoms with van der Waals surface area (Å²) < 4.78 is 52.4. The molecule has 0 amide bonds. The number of para-hydroxylation sites is 1. The molecule has 0 aliphatic heterocycles. The Hall–Kier alpha value is -4.68. The minimum atomic E-state index is -4.66. The molecule has 0 atom stereocenters. The van der Waals surface area contributed by atoms with Gasteiger partial charge in [0.1, 0.15) is 5.82 Å². The van der Waals surface area contributed by atoms with Gasteiger partial charge in [-0.3, -0.25) is 4.68 Å². The summed E-state index contributed by atoms with van der Waals surface area (Å²) in [6, 6.07) is 35.3. The van der Waals surface area contributed by atoms with E-state index in [0.717, 1.165) is 37.9 Å². The summed E-state index contributed by atoms with van der Waals surface area (Å²) in [7, 11) is 0. The van der Waals surface area contributed by atoms with Gasteiger partial charge in [-0.1, -0.05) is 54.0 Å². The van der Waals surface area contributed by atoms with E-state index in [9.17, 15) is 13.2 Å². The molecule has 0 bridgehead atoms. The molecule has 0 saturated heterocycles. The topological polar surface area (TPSA) is 44.9 Å². The van der Waals surface area contributed by atoms with Crippen LogP contribution >= 0.6 is 0 Å². The molecule has 3 aromatic heterocycles. The van der Waals surface area contributed by atoms with Crippen LogP contribution in [0.2, 0.25) is 0 Å². The zero-order valence-electron chi connectivity index (χ0n) is 23.5. The standard InChI is InChI=1S/C35H23F3N4O.Pt/c1-22-17-18-39-32(19-22)41-30-14-7-6-13-28(30)29-16-15-27(21-31(29)41)43-26-12-8-11-25(20-26)42-34(35(36,37)38)33(23(2)40-42)24-9-4-3-5-10-24;/h3-19H,1-2H3;/q-2;+2. The van der Waals surface area contributed by atoms with Gasteiger partial charge in [-0.15, -0.1) is 35.7 Å². The molecule has 9 heteroatoms. The van der Waals surface area contributed by atoms with Crippen LogP contribution in [0.1, 0.15) is 17.0 Å². The van der Waals surface area contributed by atoms with E-state index in [1.165, 1.54) is 6.07 Å². The van der Waals surface area contributed by atoms with E-state index in [-0.39, 0.29) is 43.8 Å². The smallest absolute Gasteiger partial charge is 0.509 e. The zero-order chi connectivity index (χ0) is 29.7. The number of aryl methyl sites for hydroxylation is 2. The molecule has 0 spiro atoms. The fourth-order valence-electron chi connectivity index (χ4n) is 5.47. The van der Waals surface area contributed by atoms with Crippen LogP contribution in [-0.4, -0.2) is 19.3 Å². The molecular formula is C35H23F3N4OPt. The Bertz CT molecular complexity index is 2130. The molecule has 44 heavy (non-hydrogen) atoms. The third-order valence-corrected chi connectivity index (χ3v) is 7.28. The number of nitrogens with zero attached hydrogens (tertiary/aromatic N) is 4. The largest absolute Gasteiger partial charge is 2.00 e. The predicted octanol–water partition coefficient (Wildman–Crippen LogP) is 9.06. The fraction of sp³-hybridized carbons (Fsp3) is 0.0857. The van der Waals surface area contributed by atoms with Crippen LogP contribution in [0.15, 0.2) is 103 Å². The molecule has 7 rings (SSSR count). The number of pyridine rings is 1. The van der Waals surface area contributed by atoms with Crippen molar-refractivity contribution < 1.29 is 39.0 Å². The van der Waals surface area contributed by atoms with Crippen molar-refractivity contribution in [3.63, 3.8) is 0 Å². The molecule has 0 aliphatic rings. The van der Waals surface area contributed by atoms with E-state index in [1.54, 1.807) is 61.7 Å². The Morgan fingerprint density at radius 2 is 1.52 bits per heavy atom. The number of halogens is 3. The second-order valence-electron chi connectivity index (χ2n) is 10.2. The number of hydrogen-bond donors (Lipinski definition) is 0. The first-order valence-electron chi connectivity index (χ1n) is 13.6. The van der Waals surface area contributed by atoms with Gasteiger partial charge in [0.25, 0.3) is 0 Å². The van der Waals surface area contributed by atoms with Crippen LogP contribution in [-0.2, 0) is 27.2 Å². The molecule has 220 valence electrons. The third-order valence-electron chi connectivity index (χ3n) is 7.28. The summed E-state index contributed by atoms with van der Waals surface area (Å²) in [5.41, 5.74) is 2.77. The molecule has 0 N–H and O–H groups in total. The molecule has 7 aromatic rings. The molecule has 0 saturated carbocycles. The van der Waals surface area contributed by atoms with Crippen LogP contribution in [0, 0.1) is 26.0 Å².